The summed E-state index contributed by atoms with van der Waals surface area (Å²) in [5.41, 5.74) is 0.814. The summed E-state index contributed by atoms with van der Waals surface area (Å²) in [6.45, 7) is 6.11. The second-order valence-electron chi connectivity index (χ2n) is 14.1. The molecule has 1 amide bonds. The lowest BCUT2D eigenvalue weighted by Gasteiger charge is -2.23. The molecule has 0 heterocycles. The Kier molecular flexibility index (Phi) is 30.2. The van der Waals surface area contributed by atoms with Crippen molar-refractivity contribution in [3.63, 3.8) is 0 Å². The number of carboxylic acids is 1. The van der Waals surface area contributed by atoms with Gasteiger partial charge in [-0.25, -0.2) is 4.79 Å². The maximum atomic E-state index is 13.4. The van der Waals surface area contributed by atoms with Gasteiger partial charge in [0.05, 0.1) is 5.56 Å². The van der Waals surface area contributed by atoms with Gasteiger partial charge in [0.25, 0.3) is 5.91 Å². The highest BCUT2D eigenvalue weighted by molar-refractivity contribution is 5.95. The molecule has 1 N–H and O–H groups in total. The zero-order valence-corrected chi connectivity index (χ0v) is 31.5. The van der Waals surface area contributed by atoms with E-state index >= 15 is 0 Å². The highest BCUT2D eigenvalue weighted by atomic mass is 16.4. The highest BCUT2D eigenvalue weighted by Gasteiger charge is 2.16. The van der Waals surface area contributed by atoms with Gasteiger partial charge in [0.2, 0.25) is 0 Å². The number of nitrogens with zero attached hydrogens (tertiary/aromatic N) is 1. The van der Waals surface area contributed by atoms with Gasteiger partial charge in [-0.1, -0.05) is 154 Å². The van der Waals surface area contributed by atoms with Crippen LogP contribution in [0.5, 0.6) is 0 Å². The molecule has 0 saturated carbocycles. The second-order valence-corrected chi connectivity index (χ2v) is 14.1. The van der Waals surface area contributed by atoms with Crippen LogP contribution >= 0.6 is 0 Å². The van der Waals surface area contributed by atoms with Crippen LogP contribution in [-0.4, -0.2) is 35.0 Å². The number of hydrogen-bond donors (Lipinski definition) is 1. The first-order valence-corrected chi connectivity index (χ1v) is 20.5. The predicted molar refractivity (Wildman–Crippen MR) is 208 cm³/mol. The number of rotatable bonds is 34. The van der Waals surface area contributed by atoms with Crippen LogP contribution in [0, 0.1) is 0 Å². The minimum atomic E-state index is -0.959. The molecule has 0 radical (unpaired) electrons. The van der Waals surface area contributed by atoms with Gasteiger partial charge in [-0.15, -0.1) is 0 Å². The Morgan fingerprint density at radius 3 is 1.08 bits per heavy atom. The Morgan fingerprint density at radius 2 is 0.750 bits per heavy atom. The molecule has 0 aliphatic carbocycles. The van der Waals surface area contributed by atoms with Crippen molar-refractivity contribution in [2.45, 2.75) is 194 Å². The van der Waals surface area contributed by atoms with E-state index in [-0.39, 0.29) is 11.5 Å². The van der Waals surface area contributed by atoms with Crippen molar-refractivity contribution in [3.05, 3.63) is 59.7 Å². The lowest BCUT2D eigenvalue weighted by Crippen LogP contribution is -2.33. The molecule has 0 aliphatic rings. The van der Waals surface area contributed by atoms with Crippen molar-refractivity contribution in [3.8, 4) is 0 Å². The van der Waals surface area contributed by atoms with Gasteiger partial charge in [0.15, 0.2) is 0 Å². The number of carboxylic acid groups (broad SMARTS) is 1. The maximum Gasteiger partial charge on any atom is 0.335 e. The molecule has 4 heteroatoms. The van der Waals surface area contributed by atoms with Crippen molar-refractivity contribution in [2.75, 3.05) is 13.1 Å². The van der Waals surface area contributed by atoms with E-state index < -0.39 is 5.97 Å². The van der Waals surface area contributed by atoms with Gasteiger partial charge in [0.1, 0.15) is 0 Å². The van der Waals surface area contributed by atoms with E-state index in [2.05, 4.69) is 38.2 Å². The van der Waals surface area contributed by atoms with E-state index in [1.165, 1.54) is 154 Å². The number of unbranched alkanes of at least 4 members (excludes halogenated alkanes) is 24. The van der Waals surface area contributed by atoms with Gasteiger partial charge < -0.3 is 10.0 Å². The number of amides is 1. The Morgan fingerprint density at radius 1 is 0.458 bits per heavy atom. The zero-order valence-electron chi connectivity index (χ0n) is 31.5. The zero-order chi connectivity index (χ0) is 34.8. The van der Waals surface area contributed by atoms with E-state index in [1.807, 2.05) is 4.90 Å². The van der Waals surface area contributed by atoms with Gasteiger partial charge in [-0.05, 0) is 88.5 Å². The van der Waals surface area contributed by atoms with Crippen LogP contribution in [0.25, 0.3) is 0 Å². The molecule has 0 fully saturated rings. The fourth-order valence-corrected chi connectivity index (χ4v) is 6.35. The van der Waals surface area contributed by atoms with Crippen molar-refractivity contribution in [2.24, 2.45) is 0 Å². The molecule has 4 nitrogen and oxygen atoms in total. The summed E-state index contributed by atoms with van der Waals surface area (Å²) >= 11 is 0. The molecule has 0 atom stereocenters. The largest absolute Gasteiger partial charge is 0.478 e. The summed E-state index contributed by atoms with van der Waals surface area (Å²) < 4.78 is 0. The summed E-state index contributed by atoms with van der Waals surface area (Å²) in [5, 5.41) is 9.24. The quantitative estimate of drug-likeness (QED) is 0.0589. The van der Waals surface area contributed by atoms with Gasteiger partial charge >= 0.3 is 5.97 Å². The third-order valence-corrected chi connectivity index (χ3v) is 9.55. The lowest BCUT2D eigenvalue weighted by molar-refractivity contribution is 0.0693. The Hall–Kier alpha value is -2.36. The van der Waals surface area contributed by atoms with Gasteiger partial charge in [-0.3, -0.25) is 4.79 Å². The fourth-order valence-electron chi connectivity index (χ4n) is 6.35. The van der Waals surface area contributed by atoms with Crippen LogP contribution in [0.2, 0.25) is 0 Å². The number of aromatic carboxylic acids is 1. The number of benzene rings is 1. The van der Waals surface area contributed by atoms with Crippen LogP contribution in [0.4, 0.5) is 0 Å². The molecule has 48 heavy (non-hydrogen) atoms. The van der Waals surface area contributed by atoms with E-state index in [9.17, 15) is 14.7 Å². The molecule has 0 aliphatic heterocycles. The topological polar surface area (TPSA) is 57.6 Å². The molecule has 0 saturated heterocycles. The van der Waals surface area contributed by atoms with E-state index in [4.69, 9.17) is 0 Å². The first-order valence-electron chi connectivity index (χ1n) is 20.5. The normalized spacial score (nSPS) is 11.6. The molecule has 0 unspecified atom stereocenters. The van der Waals surface area contributed by atoms with Gasteiger partial charge in [0, 0.05) is 18.7 Å². The third-order valence-electron chi connectivity index (χ3n) is 9.55. The summed E-state index contributed by atoms with van der Waals surface area (Å²) in [7, 11) is 0. The fraction of sp³-hybridized carbons (Fsp3) is 0.727. The molecule has 1 aromatic carbocycles. The molecule has 0 bridgehead atoms. The van der Waals surface area contributed by atoms with Crippen molar-refractivity contribution < 1.29 is 14.7 Å². The third kappa shape index (κ3) is 25.6. The number of carbonyl (C=O) groups is 2. The monoisotopic (exact) mass is 666 g/mol. The van der Waals surface area contributed by atoms with E-state index in [0.717, 1.165) is 38.8 Å². The average molecular weight is 666 g/mol. The number of hydrogen-bond acceptors (Lipinski definition) is 2. The minimum absolute atomic E-state index is 0.0347. The average Bonchev–Trinajstić information content (AvgIpc) is 3.10. The molecule has 1 rings (SSSR count). The molecular weight excluding hydrogens is 590 g/mol. The molecule has 1 aromatic rings. The minimum Gasteiger partial charge on any atom is -0.478 e. The number of allylic oxidation sites excluding steroid dienone is 4. The predicted octanol–water partition coefficient (Wildman–Crippen LogP) is 13.9. The van der Waals surface area contributed by atoms with Crippen LogP contribution < -0.4 is 0 Å². The Bertz CT molecular complexity index is 893. The maximum absolute atomic E-state index is 13.4. The second kappa shape index (κ2) is 33.2. The standard InChI is InChI=1S/C44H75NO3/c1-3-5-7-9-11-13-15-17-19-21-23-25-27-29-31-33-39-45(43(46)41-35-37-42(38-36-41)44(47)48)40-34-32-30-28-26-24-22-20-18-16-14-12-10-8-6-4-2/h17-20,35-38H,3-16,21-34,39-40H2,1-2H3,(H,47,48)/b19-17-,20-18-. The summed E-state index contributed by atoms with van der Waals surface area (Å²) in [4.78, 5) is 26.7. The van der Waals surface area contributed by atoms with Crippen molar-refractivity contribution in [1.29, 1.82) is 0 Å². The Balaban J connectivity index is 2.24. The summed E-state index contributed by atoms with van der Waals surface area (Å²) in [5.74, 6) is -0.924. The summed E-state index contributed by atoms with van der Waals surface area (Å²) in [6.07, 6.45) is 45.3. The molecular formula is C44H75NO3. The SMILES string of the molecule is CCCCCCCC/C=C\CCCCCCCCN(CCCCCCCC/C=C\CCCCCCCC)C(=O)c1ccc(C(=O)O)cc1. The molecule has 0 aromatic heterocycles. The van der Waals surface area contributed by atoms with E-state index in [1.54, 1.807) is 24.3 Å². The summed E-state index contributed by atoms with van der Waals surface area (Å²) in [6, 6.07) is 6.43. The van der Waals surface area contributed by atoms with Crippen LogP contribution in [-0.2, 0) is 0 Å². The van der Waals surface area contributed by atoms with Crippen molar-refractivity contribution >= 4 is 11.9 Å². The molecule has 274 valence electrons. The first-order chi connectivity index (χ1) is 23.6. The molecule has 0 spiro atoms. The number of carbonyl (C=O) groups excluding carboxylic acids is 1. The van der Waals surface area contributed by atoms with Crippen LogP contribution in [0.15, 0.2) is 48.6 Å². The highest BCUT2D eigenvalue weighted by Crippen LogP contribution is 2.15. The Labute approximate surface area is 297 Å². The lowest BCUT2D eigenvalue weighted by atomic mass is 10.1. The first kappa shape index (κ1) is 43.7. The van der Waals surface area contributed by atoms with E-state index in [0.29, 0.717) is 5.56 Å². The van der Waals surface area contributed by atoms with Crippen LogP contribution in [0.3, 0.4) is 0 Å². The van der Waals surface area contributed by atoms with Crippen LogP contribution in [0.1, 0.15) is 214 Å². The van der Waals surface area contributed by atoms with Gasteiger partial charge in [-0.2, -0.15) is 0 Å². The van der Waals surface area contributed by atoms with Crippen molar-refractivity contribution in [1.82, 2.24) is 4.90 Å². The smallest absolute Gasteiger partial charge is 0.335 e.